The number of aliphatic hydroxyl groups is 1. The molecule has 1 heterocycles. The molecule has 13 heavy (non-hydrogen) atoms. The Morgan fingerprint density at radius 3 is 2.69 bits per heavy atom. The molecule has 2 fully saturated rings. The van der Waals surface area contributed by atoms with E-state index in [-0.39, 0.29) is 6.10 Å². The monoisotopic (exact) mass is 185 g/mol. The first-order valence-electron chi connectivity index (χ1n) is 5.19. The summed E-state index contributed by atoms with van der Waals surface area (Å²) in [5.74, 6) is 0. The zero-order valence-corrected chi connectivity index (χ0v) is 8.25. The summed E-state index contributed by atoms with van der Waals surface area (Å²) in [5, 5.41) is 13.0. The Labute approximate surface area is 79.5 Å². The SMILES string of the molecule is CC1(CN[C@H]2CCC[C@@H]2O)COC1. The van der Waals surface area contributed by atoms with Gasteiger partial charge >= 0.3 is 0 Å². The van der Waals surface area contributed by atoms with E-state index in [2.05, 4.69) is 12.2 Å². The minimum atomic E-state index is -0.121. The van der Waals surface area contributed by atoms with Crippen LogP contribution in [0.1, 0.15) is 26.2 Å². The normalized spacial score (nSPS) is 37.4. The predicted molar refractivity (Wildman–Crippen MR) is 50.6 cm³/mol. The van der Waals surface area contributed by atoms with Crippen LogP contribution in [0.3, 0.4) is 0 Å². The molecule has 0 amide bonds. The van der Waals surface area contributed by atoms with Gasteiger partial charge in [-0.3, -0.25) is 0 Å². The number of rotatable bonds is 3. The topological polar surface area (TPSA) is 41.5 Å². The van der Waals surface area contributed by atoms with Crippen LogP contribution in [0.2, 0.25) is 0 Å². The van der Waals surface area contributed by atoms with Gasteiger partial charge in [-0.2, -0.15) is 0 Å². The molecular weight excluding hydrogens is 166 g/mol. The molecule has 0 bridgehead atoms. The summed E-state index contributed by atoms with van der Waals surface area (Å²) >= 11 is 0. The Morgan fingerprint density at radius 1 is 1.46 bits per heavy atom. The van der Waals surface area contributed by atoms with Gasteiger partial charge in [0.25, 0.3) is 0 Å². The van der Waals surface area contributed by atoms with Crippen molar-refractivity contribution >= 4 is 0 Å². The summed E-state index contributed by atoms with van der Waals surface area (Å²) in [6, 6.07) is 0.331. The highest BCUT2D eigenvalue weighted by Crippen LogP contribution is 2.26. The molecule has 0 aromatic rings. The molecule has 1 aliphatic heterocycles. The Balaban J connectivity index is 1.72. The van der Waals surface area contributed by atoms with Crippen LogP contribution in [0.4, 0.5) is 0 Å². The van der Waals surface area contributed by atoms with E-state index in [1.807, 2.05) is 0 Å². The fraction of sp³-hybridized carbons (Fsp3) is 1.00. The lowest BCUT2D eigenvalue weighted by atomic mass is 9.88. The zero-order chi connectivity index (χ0) is 9.31. The van der Waals surface area contributed by atoms with Crippen LogP contribution >= 0.6 is 0 Å². The van der Waals surface area contributed by atoms with Crippen LogP contribution in [-0.4, -0.2) is 37.0 Å². The summed E-state index contributed by atoms with van der Waals surface area (Å²) in [6.07, 6.45) is 3.12. The Kier molecular flexibility index (Phi) is 2.58. The van der Waals surface area contributed by atoms with Crippen molar-refractivity contribution < 1.29 is 9.84 Å². The summed E-state index contributed by atoms with van der Waals surface area (Å²) in [4.78, 5) is 0. The van der Waals surface area contributed by atoms with Crippen molar-refractivity contribution in [2.75, 3.05) is 19.8 Å². The van der Waals surface area contributed by atoms with Gasteiger partial charge < -0.3 is 15.2 Å². The van der Waals surface area contributed by atoms with Gasteiger partial charge in [0.2, 0.25) is 0 Å². The molecule has 0 spiro atoms. The van der Waals surface area contributed by atoms with E-state index in [0.717, 1.165) is 39.0 Å². The lowest BCUT2D eigenvalue weighted by Crippen LogP contribution is -2.50. The second-order valence-corrected chi connectivity index (χ2v) is 4.79. The maximum Gasteiger partial charge on any atom is 0.0693 e. The van der Waals surface area contributed by atoms with E-state index in [4.69, 9.17) is 4.74 Å². The van der Waals surface area contributed by atoms with E-state index in [1.165, 1.54) is 0 Å². The molecule has 0 unspecified atom stereocenters. The number of ether oxygens (including phenoxy) is 1. The van der Waals surface area contributed by atoms with E-state index in [1.54, 1.807) is 0 Å². The van der Waals surface area contributed by atoms with Crippen LogP contribution < -0.4 is 5.32 Å². The number of hydrogen-bond donors (Lipinski definition) is 2. The van der Waals surface area contributed by atoms with Gasteiger partial charge in [-0.1, -0.05) is 6.92 Å². The van der Waals surface area contributed by atoms with Crippen LogP contribution in [0.25, 0.3) is 0 Å². The molecule has 3 heteroatoms. The minimum Gasteiger partial charge on any atom is -0.392 e. The van der Waals surface area contributed by atoms with Crippen LogP contribution in [0, 0.1) is 5.41 Å². The smallest absolute Gasteiger partial charge is 0.0693 e. The first-order valence-corrected chi connectivity index (χ1v) is 5.19. The lowest BCUT2D eigenvalue weighted by Gasteiger charge is -2.39. The third-order valence-electron chi connectivity index (χ3n) is 3.17. The van der Waals surface area contributed by atoms with Gasteiger partial charge in [0.15, 0.2) is 0 Å². The van der Waals surface area contributed by atoms with Gasteiger partial charge in [0, 0.05) is 18.0 Å². The summed E-state index contributed by atoms with van der Waals surface area (Å²) in [5.41, 5.74) is 0.322. The highest BCUT2D eigenvalue weighted by molar-refractivity contribution is 4.88. The molecule has 0 radical (unpaired) electrons. The van der Waals surface area contributed by atoms with E-state index in [0.29, 0.717) is 11.5 Å². The second kappa shape index (κ2) is 3.56. The van der Waals surface area contributed by atoms with E-state index in [9.17, 15) is 5.11 Å². The quantitative estimate of drug-likeness (QED) is 0.674. The third kappa shape index (κ3) is 2.03. The zero-order valence-electron chi connectivity index (χ0n) is 8.25. The largest absolute Gasteiger partial charge is 0.392 e. The molecule has 76 valence electrons. The average molecular weight is 185 g/mol. The first kappa shape index (κ1) is 9.44. The molecule has 2 aliphatic rings. The standard InChI is InChI=1S/C10H19NO2/c1-10(6-13-7-10)5-11-8-3-2-4-9(8)12/h8-9,11-12H,2-7H2,1H3/t8-,9-/m0/s1. The molecule has 2 rings (SSSR count). The highest BCUT2D eigenvalue weighted by Gasteiger charge is 2.35. The molecule has 3 nitrogen and oxygen atoms in total. The van der Waals surface area contributed by atoms with Gasteiger partial charge in [-0.05, 0) is 19.3 Å². The molecule has 0 aromatic heterocycles. The van der Waals surface area contributed by atoms with Gasteiger partial charge in [-0.25, -0.2) is 0 Å². The molecule has 0 aromatic carbocycles. The minimum absolute atomic E-state index is 0.121. The van der Waals surface area contributed by atoms with Crippen LogP contribution in [0.15, 0.2) is 0 Å². The van der Waals surface area contributed by atoms with Crippen molar-refractivity contribution in [1.29, 1.82) is 0 Å². The molecule has 2 N–H and O–H groups in total. The summed E-state index contributed by atoms with van der Waals surface area (Å²) in [7, 11) is 0. The van der Waals surface area contributed by atoms with Gasteiger partial charge in [-0.15, -0.1) is 0 Å². The number of nitrogens with one attached hydrogen (secondary N) is 1. The third-order valence-corrected chi connectivity index (χ3v) is 3.17. The maximum atomic E-state index is 9.58. The van der Waals surface area contributed by atoms with Crippen molar-refractivity contribution in [3.05, 3.63) is 0 Å². The summed E-state index contributed by atoms with van der Waals surface area (Å²) < 4.78 is 5.18. The second-order valence-electron chi connectivity index (χ2n) is 4.79. The fourth-order valence-corrected chi connectivity index (χ4v) is 2.11. The van der Waals surface area contributed by atoms with E-state index < -0.39 is 0 Å². The number of aliphatic hydroxyl groups excluding tert-OH is 1. The molecule has 1 saturated carbocycles. The Hall–Kier alpha value is -0.120. The van der Waals surface area contributed by atoms with E-state index >= 15 is 0 Å². The highest BCUT2D eigenvalue weighted by atomic mass is 16.5. The Morgan fingerprint density at radius 2 is 2.23 bits per heavy atom. The van der Waals surface area contributed by atoms with Crippen molar-refractivity contribution in [1.82, 2.24) is 5.32 Å². The van der Waals surface area contributed by atoms with Gasteiger partial charge in [0.1, 0.15) is 0 Å². The summed E-state index contributed by atoms with van der Waals surface area (Å²) in [6.45, 7) is 4.94. The van der Waals surface area contributed by atoms with Gasteiger partial charge in [0.05, 0.1) is 19.3 Å². The fourth-order valence-electron chi connectivity index (χ4n) is 2.11. The molecule has 1 saturated heterocycles. The predicted octanol–water partition coefficient (Wildman–Crippen LogP) is 0.526. The lowest BCUT2D eigenvalue weighted by molar-refractivity contribution is -0.101. The van der Waals surface area contributed by atoms with Crippen LogP contribution in [-0.2, 0) is 4.74 Å². The molecular formula is C10H19NO2. The first-order chi connectivity index (χ1) is 6.20. The van der Waals surface area contributed by atoms with Crippen molar-refractivity contribution in [2.24, 2.45) is 5.41 Å². The Bertz CT molecular complexity index is 180. The van der Waals surface area contributed by atoms with Crippen molar-refractivity contribution in [3.63, 3.8) is 0 Å². The van der Waals surface area contributed by atoms with Crippen molar-refractivity contribution in [2.45, 2.75) is 38.3 Å². The molecule has 1 aliphatic carbocycles. The van der Waals surface area contributed by atoms with Crippen LogP contribution in [0.5, 0.6) is 0 Å². The molecule has 2 atom stereocenters. The average Bonchev–Trinajstić information content (AvgIpc) is 2.44. The number of hydrogen-bond acceptors (Lipinski definition) is 3. The maximum absolute atomic E-state index is 9.58. The van der Waals surface area contributed by atoms with Crippen molar-refractivity contribution in [3.8, 4) is 0 Å².